The Morgan fingerprint density at radius 2 is 1.68 bits per heavy atom. The van der Waals surface area contributed by atoms with Crippen LogP contribution in [0.15, 0.2) is 48.5 Å². The molecule has 1 fully saturated rings. The van der Waals surface area contributed by atoms with E-state index in [1.54, 1.807) is 0 Å². The van der Waals surface area contributed by atoms with Gasteiger partial charge in [-0.05, 0) is 61.9 Å². The molecular formula is C21H22F4N2O. The molecule has 150 valence electrons. The molecule has 2 aromatic carbocycles. The Bertz CT molecular complexity index is 800. The Morgan fingerprint density at radius 1 is 1.00 bits per heavy atom. The lowest BCUT2D eigenvalue weighted by Crippen LogP contribution is -2.38. The van der Waals surface area contributed by atoms with E-state index in [9.17, 15) is 22.4 Å². The molecule has 0 heterocycles. The molecule has 1 aliphatic carbocycles. The quantitative estimate of drug-likeness (QED) is 0.681. The first-order valence-corrected chi connectivity index (χ1v) is 9.29. The molecule has 0 saturated heterocycles. The lowest BCUT2D eigenvalue weighted by atomic mass is 9.86. The Hall–Kier alpha value is -2.57. The van der Waals surface area contributed by atoms with Gasteiger partial charge in [0, 0.05) is 23.8 Å². The van der Waals surface area contributed by atoms with Crippen LogP contribution in [0, 0.1) is 11.7 Å². The fraction of sp³-hybridized carbons (Fsp3) is 0.381. The summed E-state index contributed by atoms with van der Waals surface area (Å²) in [6.07, 6.45) is -1.46. The standard InChI is InChI=1S/C21H22F4N2O/c22-19-11-8-15(12-18(19)21(23,24)25)20(28)27-17-9-6-14(7-10-17)13-26-16-4-2-1-3-5-16/h1-5,8,11-12,14,17,26H,6-7,9-10,13H2,(H,27,28)/t14-,17-. The number of anilines is 1. The van der Waals surface area contributed by atoms with Gasteiger partial charge in [-0.15, -0.1) is 0 Å². The van der Waals surface area contributed by atoms with E-state index in [1.807, 2.05) is 30.3 Å². The minimum Gasteiger partial charge on any atom is -0.385 e. The van der Waals surface area contributed by atoms with E-state index in [0.717, 1.165) is 44.0 Å². The molecule has 0 radical (unpaired) electrons. The topological polar surface area (TPSA) is 41.1 Å². The minimum absolute atomic E-state index is 0.0835. The molecule has 1 amide bonds. The molecule has 28 heavy (non-hydrogen) atoms. The number of carbonyl (C=O) groups excluding carboxylic acids is 1. The number of hydrogen-bond donors (Lipinski definition) is 2. The third-order valence-corrected chi connectivity index (χ3v) is 5.08. The van der Waals surface area contributed by atoms with E-state index in [4.69, 9.17) is 0 Å². The SMILES string of the molecule is O=C(N[C@H]1CC[C@H](CNc2ccccc2)CC1)c1ccc(F)c(C(F)(F)F)c1. The van der Waals surface area contributed by atoms with Gasteiger partial charge in [0.05, 0.1) is 5.56 Å². The van der Waals surface area contributed by atoms with Gasteiger partial charge in [-0.3, -0.25) is 4.79 Å². The van der Waals surface area contributed by atoms with Crippen molar-refractivity contribution in [3.05, 3.63) is 65.5 Å². The largest absolute Gasteiger partial charge is 0.419 e. The summed E-state index contributed by atoms with van der Waals surface area (Å²) >= 11 is 0. The van der Waals surface area contributed by atoms with E-state index in [0.29, 0.717) is 18.1 Å². The highest BCUT2D eigenvalue weighted by Crippen LogP contribution is 2.32. The number of benzene rings is 2. The highest BCUT2D eigenvalue weighted by atomic mass is 19.4. The molecule has 3 nitrogen and oxygen atoms in total. The number of para-hydroxylation sites is 1. The first-order chi connectivity index (χ1) is 13.3. The fourth-order valence-electron chi connectivity index (χ4n) is 3.48. The Kier molecular flexibility index (Phi) is 6.21. The number of rotatable bonds is 5. The van der Waals surface area contributed by atoms with Crippen molar-refractivity contribution in [2.24, 2.45) is 5.92 Å². The van der Waals surface area contributed by atoms with Crippen LogP contribution in [-0.4, -0.2) is 18.5 Å². The molecule has 2 aromatic rings. The maximum Gasteiger partial charge on any atom is 0.419 e. The van der Waals surface area contributed by atoms with Crippen LogP contribution < -0.4 is 10.6 Å². The van der Waals surface area contributed by atoms with E-state index >= 15 is 0 Å². The number of amides is 1. The maximum absolute atomic E-state index is 13.4. The van der Waals surface area contributed by atoms with Crippen LogP contribution in [0.1, 0.15) is 41.6 Å². The number of hydrogen-bond acceptors (Lipinski definition) is 2. The van der Waals surface area contributed by atoms with Crippen molar-refractivity contribution in [3.63, 3.8) is 0 Å². The Labute approximate surface area is 161 Å². The number of nitrogens with one attached hydrogen (secondary N) is 2. The number of alkyl halides is 3. The molecule has 0 aromatic heterocycles. The number of carbonyl (C=O) groups is 1. The molecule has 0 unspecified atom stereocenters. The summed E-state index contributed by atoms with van der Waals surface area (Å²) in [4.78, 5) is 12.3. The van der Waals surface area contributed by atoms with Gasteiger partial charge >= 0.3 is 6.18 Å². The lowest BCUT2D eigenvalue weighted by molar-refractivity contribution is -0.140. The van der Waals surface area contributed by atoms with E-state index in [-0.39, 0.29) is 11.6 Å². The molecule has 0 atom stereocenters. The zero-order valence-electron chi connectivity index (χ0n) is 15.2. The van der Waals surface area contributed by atoms with Crippen LogP contribution in [0.25, 0.3) is 0 Å². The van der Waals surface area contributed by atoms with Crippen molar-refractivity contribution >= 4 is 11.6 Å². The molecule has 0 aliphatic heterocycles. The number of halogens is 4. The highest BCUT2D eigenvalue weighted by Gasteiger charge is 2.35. The van der Waals surface area contributed by atoms with Crippen molar-refractivity contribution in [2.75, 3.05) is 11.9 Å². The van der Waals surface area contributed by atoms with Crippen LogP contribution in [0.4, 0.5) is 23.2 Å². The van der Waals surface area contributed by atoms with Crippen LogP contribution in [0.2, 0.25) is 0 Å². The average molecular weight is 394 g/mol. The smallest absolute Gasteiger partial charge is 0.385 e. The van der Waals surface area contributed by atoms with Gasteiger partial charge in [0.2, 0.25) is 0 Å². The van der Waals surface area contributed by atoms with Crippen molar-refractivity contribution in [1.82, 2.24) is 5.32 Å². The third-order valence-electron chi connectivity index (χ3n) is 5.08. The normalized spacial score (nSPS) is 19.9. The molecule has 1 aliphatic rings. The van der Waals surface area contributed by atoms with Gasteiger partial charge < -0.3 is 10.6 Å². The van der Waals surface area contributed by atoms with Crippen molar-refractivity contribution in [3.8, 4) is 0 Å². The summed E-state index contributed by atoms with van der Waals surface area (Å²) in [6.45, 7) is 0.845. The monoisotopic (exact) mass is 394 g/mol. The van der Waals surface area contributed by atoms with E-state index < -0.39 is 23.5 Å². The minimum atomic E-state index is -4.83. The van der Waals surface area contributed by atoms with Gasteiger partial charge in [-0.2, -0.15) is 13.2 Å². The molecule has 1 saturated carbocycles. The van der Waals surface area contributed by atoms with Gasteiger partial charge in [-0.25, -0.2) is 4.39 Å². The first kappa shape index (κ1) is 20.2. The lowest BCUT2D eigenvalue weighted by Gasteiger charge is -2.29. The van der Waals surface area contributed by atoms with Crippen LogP contribution >= 0.6 is 0 Å². The van der Waals surface area contributed by atoms with Crippen molar-refractivity contribution < 1.29 is 22.4 Å². The second kappa shape index (κ2) is 8.63. The summed E-state index contributed by atoms with van der Waals surface area (Å²) in [5.74, 6) is -1.50. The summed E-state index contributed by atoms with van der Waals surface area (Å²) in [7, 11) is 0. The predicted molar refractivity (Wildman–Crippen MR) is 99.5 cm³/mol. The third kappa shape index (κ3) is 5.24. The van der Waals surface area contributed by atoms with Gasteiger partial charge in [0.1, 0.15) is 5.82 Å². The molecule has 0 spiro atoms. The molecule has 2 N–H and O–H groups in total. The predicted octanol–water partition coefficient (Wildman–Crippen LogP) is 5.25. The summed E-state index contributed by atoms with van der Waals surface area (Å²) in [6, 6.07) is 12.1. The maximum atomic E-state index is 13.4. The van der Waals surface area contributed by atoms with Gasteiger partial charge in [0.15, 0.2) is 0 Å². The first-order valence-electron chi connectivity index (χ1n) is 9.29. The summed E-state index contributed by atoms with van der Waals surface area (Å²) < 4.78 is 51.8. The fourth-order valence-corrected chi connectivity index (χ4v) is 3.48. The summed E-state index contributed by atoms with van der Waals surface area (Å²) in [5.41, 5.74) is -0.535. The average Bonchev–Trinajstić information content (AvgIpc) is 2.67. The van der Waals surface area contributed by atoms with E-state index in [1.165, 1.54) is 0 Å². The summed E-state index contributed by atoms with van der Waals surface area (Å²) in [5, 5.41) is 6.17. The van der Waals surface area contributed by atoms with Gasteiger partial charge in [-0.1, -0.05) is 18.2 Å². The molecule has 7 heteroatoms. The zero-order valence-corrected chi connectivity index (χ0v) is 15.2. The molecule has 0 bridgehead atoms. The zero-order chi connectivity index (χ0) is 20.1. The van der Waals surface area contributed by atoms with Crippen molar-refractivity contribution in [2.45, 2.75) is 37.9 Å². The van der Waals surface area contributed by atoms with Crippen LogP contribution in [-0.2, 0) is 6.18 Å². The van der Waals surface area contributed by atoms with Crippen LogP contribution in [0.5, 0.6) is 0 Å². The van der Waals surface area contributed by atoms with Crippen molar-refractivity contribution in [1.29, 1.82) is 0 Å². The Morgan fingerprint density at radius 3 is 2.32 bits per heavy atom. The second-order valence-corrected chi connectivity index (χ2v) is 7.13. The van der Waals surface area contributed by atoms with Crippen LogP contribution in [0.3, 0.4) is 0 Å². The van der Waals surface area contributed by atoms with E-state index in [2.05, 4.69) is 10.6 Å². The van der Waals surface area contributed by atoms with Gasteiger partial charge in [0.25, 0.3) is 5.91 Å². The molecular weight excluding hydrogens is 372 g/mol. The second-order valence-electron chi connectivity index (χ2n) is 7.13. The highest BCUT2D eigenvalue weighted by molar-refractivity contribution is 5.94. The Balaban J connectivity index is 1.50. The molecule has 3 rings (SSSR count).